The van der Waals surface area contributed by atoms with Crippen LogP contribution in [0.3, 0.4) is 0 Å². The van der Waals surface area contributed by atoms with Crippen LogP contribution < -0.4 is 5.73 Å². The molecule has 0 amide bonds. The molecule has 2 heterocycles. The molecule has 0 bridgehead atoms. The van der Waals surface area contributed by atoms with Crippen LogP contribution in [-0.4, -0.2) is 42.8 Å². The molecule has 1 aliphatic heterocycles. The summed E-state index contributed by atoms with van der Waals surface area (Å²) in [6, 6.07) is 4.46. The SMILES string of the molecule is CCC(C)(C(N)Cc1cccs1)N1CCOCC1. The summed E-state index contributed by atoms with van der Waals surface area (Å²) in [6.45, 7) is 8.22. The quantitative estimate of drug-likeness (QED) is 0.889. The molecule has 0 spiro atoms. The topological polar surface area (TPSA) is 38.5 Å². The average Bonchev–Trinajstić information content (AvgIpc) is 2.91. The molecule has 1 aromatic rings. The third-order valence-corrected chi connectivity index (χ3v) is 5.15. The summed E-state index contributed by atoms with van der Waals surface area (Å²) in [6.07, 6.45) is 2.05. The third-order valence-electron chi connectivity index (χ3n) is 4.25. The lowest BCUT2D eigenvalue weighted by molar-refractivity contribution is -0.0271. The summed E-state index contributed by atoms with van der Waals surface area (Å²) in [7, 11) is 0. The van der Waals surface area contributed by atoms with Gasteiger partial charge in [-0.05, 0) is 31.2 Å². The van der Waals surface area contributed by atoms with Gasteiger partial charge in [-0.2, -0.15) is 0 Å². The van der Waals surface area contributed by atoms with Gasteiger partial charge >= 0.3 is 0 Å². The molecule has 1 saturated heterocycles. The Morgan fingerprint density at radius 2 is 2.22 bits per heavy atom. The van der Waals surface area contributed by atoms with E-state index >= 15 is 0 Å². The van der Waals surface area contributed by atoms with E-state index in [0.29, 0.717) is 0 Å². The van der Waals surface area contributed by atoms with Crippen molar-refractivity contribution >= 4 is 11.3 Å². The molecular formula is C14H24N2OS. The van der Waals surface area contributed by atoms with Gasteiger partial charge in [-0.1, -0.05) is 13.0 Å². The summed E-state index contributed by atoms with van der Waals surface area (Å²) in [5.41, 5.74) is 6.59. The lowest BCUT2D eigenvalue weighted by Crippen LogP contribution is -2.61. The van der Waals surface area contributed by atoms with Gasteiger partial charge in [0.1, 0.15) is 0 Å². The van der Waals surface area contributed by atoms with Crippen molar-refractivity contribution in [2.75, 3.05) is 26.3 Å². The van der Waals surface area contributed by atoms with Gasteiger partial charge in [0, 0.05) is 29.5 Å². The summed E-state index contributed by atoms with van der Waals surface area (Å²) in [4.78, 5) is 3.89. The van der Waals surface area contributed by atoms with Crippen LogP contribution in [0.25, 0.3) is 0 Å². The highest BCUT2D eigenvalue weighted by Gasteiger charge is 2.36. The number of thiophene rings is 1. The van der Waals surface area contributed by atoms with Gasteiger partial charge in [0.05, 0.1) is 13.2 Å². The first-order valence-corrected chi connectivity index (χ1v) is 7.65. The van der Waals surface area contributed by atoms with E-state index in [-0.39, 0.29) is 11.6 Å². The van der Waals surface area contributed by atoms with Crippen molar-refractivity contribution in [1.29, 1.82) is 0 Å². The van der Waals surface area contributed by atoms with Crippen LogP contribution in [0.2, 0.25) is 0 Å². The second-order valence-corrected chi connectivity index (χ2v) is 6.23. The first-order valence-electron chi connectivity index (χ1n) is 6.77. The fourth-order valence-electron chi connectivity index (χ4n) is 2.66. The maximum Gasteiger partial charge on any atom is 0.0594 e. The number of hydrogen-bond donors (Lipinski definition) is 1. The molecule has 0 saturated carbocycles. The zero-order chi connectivity index (χ0) is 13.0. The predicted molar refractivity (Wildman–Crippen MR) is 77.1 cm³/mol. The van der Waals surface area contributed by atoms with Crippen LogP contribution in [-0.2, 0) is 11.2 Å². The number of morpholine rings is 1. The minimum absolute atomic E-state index is 0.0772. The molecule has 0 radical (unpaired) electrons. The van der Waals surface area contributed by atoms with Gasteiger partial charge in [0.15, 0.2) is 0 Å². The van der Waals surface area contributed by atoms with Crippen LogP contribution in [0.4, 0.5) is 0 Å². The fourth-order valence-corrected chi connectivity index (χ4v) is 3.42. The smallest absolute Gasteiger partial charge is 0.0594 e. The molecule has 0 aliphatic carbocycles. The number of nitrogens with two attached hydrogens (primary N) is 1. The molecule has 1 aliphatic rings. The highest BCUT2D eigenvalue weighted by molar-refractivity contribution is 7.09. The second kappa shape index (κ2) is 6.15. The number of ether oxygens (including phenoxy) is 1. The van der Waals surface area contributed by atoms with E-state index in [0.717, 1.165) is 39.1 Å². The van der Waals surface area contributed by atoms with Gasteiger partial charge in [-0.15, -0.1) is 11.3 Å². The molecule has 2 N–H and O–H groups in total. The molecule has 0 aromatic carbocycles. The Bertz CT molecular complexity index is 349. The first kappa shape index (κ1) is 14.0. The van der Waals surface area contributed by atoms with Crippen LogP contribution in [0.15, 0.2) is 17.5 Å². The maximum absolute atomic E-state index is 6.51. The molecule has 1 aromatic heterocycles. The zero-order valence-electron chi connectivity index (χ0n) is 11.4. The van der Waals surface area contributed by atoms with E-state index < -0.39 is 0 Å². The van der Waals surface area contributed by atoms with E-state index in [1.807, 2.05) is 0 Å². The lowest BCUT2D eigenvalue weighted by Gasteiger charge is -2.46. The Hall–Kier alpha value is -0.420. The van der Waals surface area contributed by atoms with Gasteiger partial charge in [-0.3, -0.25) is 4.90 Å². The van der Waals surface area contributed by atoms with Crippen LogP contribution in [0.1, 0.15) is 25.1 Å². The molecule has 2 unspecified atom stereocenters. The molecule has 3 nitrogen and oxygen atoms in total. The van der Waals surface area contributed by atoms with Crippen molar-refractivity contribution in [1.82, 2.24) is 4.90 Å². The molecule has 18 heavy (non-hydrogen) atoms. The Morgan fingerprint density at radius 3 is 2.78 bits per heavy atom. The monoisotopic (exact) mass is 268 g/mol. The van der Waals surface area contributed by atoms with E-state index in [1.165, 1.54) is 4.88 Å². The van der Waals surface area contributed by atoms with Crippen molar-refractivity contribution in [3.8, 4) is 0 Å². The van der Waals surface area contributed by atoms with Crippen LogP contribution >= 0.6 is 11.3 Å². The Kier molecular flexibility index (Phi) is 4.78. The molecular weight excluding hydrogens is 244 g/mol. The fraction of sp³-hybridized carbons (Fsp3) is 0.714. The largest absolute Gasteiger partial charge is 0.379 e. The number of nitrogens with zero attached hydrogens (tertiary/aromatic N) is 1. The van der Waals surface area contributed by atoms with Gasteiger partial charge in [0.25, 0.3) is 0 Å². The summed E-state index contributed by atoms with van der Waals surface area (Å²) < 4.78 is 5.44. The van der Waals surface area contributed by atoms with Crippen LogP contribution in [0, 0.1) is 0 Å². The van der Waals surface area contributed by atoms with E-state index in [4.69, 9.17) is 10.5 Å². The van der Waals surface area contributed by atoms with E-state index in [2.05, 4.69) is 36.3 Å². The molecule has 1 fully saturated rings. The highest BCUT2D eigenvalue weighted by atomic mass is 32.1. The van der Waals surface area contributed by atoms with Crippen molar-refractivity contribution in [3.05, 3.63) is 22.4 Å². The third kappa shape index (κ3) is 2.94. The summed E-state index contributed by atoms with van der Waals surface area (Å²) in [5, 5.41) is 2.13. The standard InChI is InChI=1S/C14H24N2OS/c1-3-14(2,16-6-8-17-9-7-16)13(15)11-12-5-4-10-18-12/h4-5,10,13H,3,6-9,11,15H2,1-2H3. The zero-order valence-corrected chi connectivity index (χ0v) is 12.2. The Balaban J connectivity index is 2.04. The second-order valence-electron chi connectivity index (χ2n) is 5.20. The summed E-state index contributed by atoms with van der Waals surface area (Å²) in [5.74, 6) is 0. The molecule has 102 valence electrons. The highest BCUT2D eigenvalue weighted by Crippen LogP contribution is 2.26. The van der Waals surface area contributed by atoms with E-state index in [9.17, 15) is 0 Å². The van der Waals surface area contributed by atoms with E-state index in [1.54, 1.807) is 11.3 Å². The van der Waals surface area contributed by atoms with Crippen molar-refractivity contribution < 1.29 is 4.74 Å². The lowest BCUT2D eigenvalue weighted by atomic mass is 9.85. The number of rotatable bonds is 5. The maximum atomic E-state index is 6.51. The van der Waals surface area contributed by atoms with Gasteiger partial charge < -0.3 is 10.5 Å². The molecule has 2 rings (SSSR count). The first-order chi connectivity index (χ1) is 8.66. The minimum Gasteiger partial charge on any atom is -0.379 e. The number of hydrogen-bond acceptors (Lipinski definition) is 4. The molecule has 2 atom stereocenters. The summed E-state index contributed by atoms with van der Waals surface area (Å²) >= 11 is 1.80. The van der Waals surface area contributed by atoms with Gasteiger partial charge in [-0.25, -0.2) is 0 Å². The van der Waals surface area contributed by atoms with Crippen molar-refractivity contribution in [2.45, 2.75) is 38.3 Å². The normalized spacial score (nSPS) is 22.6. The predicted octanol–water partition coefficient (Wildman–Crippen LogP) is 2.12. The minimum atomic E-state index is 0.0772. The van der Waals surface area contributed by atoms with Crippen molar-refractivity contribution in [2.24, 2.45) is 5.73 Å². The molecule has 4 heteroatoms. The Labute approximate surface area is 114 Å². The van der Waals surface area contributed by atoms with Crippen LogP contribution in [0.5, 0.6) is 0 Å². The van der Waals surface area contributed by atoms with Gasteiger partial charge in [0.2, 0.25) is 0 Å². The average molecular weight is 268 g/mol. The Morgan fingerprint density at radius 1 is 1.50 bits per heavy atom. The van der Waals surface area contributed by atoms with Crippen molar-refractivity contribution in [3.63, 3.8) is 0 Å².